The van der Waals surface area contributed by atoms with Gasteiger partial charge in [-0.15, -0.1) is 0 Å². The largest absolute Gasteiger partial charge is 0.382 e. The zero-order chi connectivity index (χ0) is 17.5. The van der Waals surface area contributed by atoms with E-state index in [0.717, 1.165) is 17.7 Å². The molecule has 7 heteroatoms. The van der Waals surface area contributed by atoms with Crippen molar-refractivity contribution < 1.29 is 22.4 Å². The Morgan fingerprint density at radius 3 is 2.29 bits per heavy atom. The number of nitrogens with one attached hydrogen (secondary N) is 2. The normalized spacial score (nSPS) is 10.5. The molecule has 2 N–H and O–H groups in total. The molecule has 2 rings (SSSR count). The first-order valence-electron chi connectivity index (χ1n) is 7.36. The summed E-state index contributed by atoms with van der Waals surface area (Å²) in [6.07, 6.45) is 0.596. The van der Waals surface area contributed by atoms with Gasteiger partial charge in [-0.3, -0.25) is 4.79 Å². The maximum absolute atomic E-state index is 13.4. The summed E-state index contributed by atoms with van der Waals surface area (Å²) >= 11 is 0. The standard InChI is InChI=1S/C17H16F4N2O/c18-12-3-1-11(2-4-12)7-9-23-15(24)8-10-22-14-6-5-13(19)16(20)17(14)21/h1-6,22H,7-10H2,(H,23,24). The molecule has 0 aromatic heterocycles. The zero-order valence-electron chi connectivity index (χ0n) is 12.7. The summed E-state index contributed by atoms with van der Waals surface area (Å²) in [7, 11) is 0. The number of hydrogen-bond donors (Lipinski definition) is 2. The van der Waals surface area contributed by atoms with E-state index < -0.39 is 17.5 Å². The van der Waals surface area contributed by atoms with E-state index in [2.05, 4.69) is 10.6 Å². The molecule has 3 nitrogen and oxygen atoms in total. The molecule has 0 spiro atoms. The van der Waals surface area contributed by atoms with Crippen LogP contribution in [0.1, 0.15) is 12.0 Å². The number of anilines is 1. The van der Waals surface area contributed by atoms with Crippen LogP contribution in [0.25, 0.3) is 0 Å². The summed E-state index contributed by atoms with van der Waals surface area (Å²) in [5, 5.41) is 5.21. The van der Waals surface area contributed by atoms with E-state index in [0.29, 0.717) is 13.0 Å². The summed E-state index contributed by atoms with van der Waals surface area (Å²) in [5.41, 5.74) is 0.687. The van der Waals surface area contributed by atoms with Crippen molar-refractivity contribution in [2.45, 2.75) is 12.8 Å². The molecule has 0 aliphatic heterocycles. The van der Waals surface area contributed by atoms with Gasteiger partial charge >= 0.3 is 0 Å². The van der Waals surface area contributed by atoms with Crippen molar-refractivity contribution in [1.82, 2.24) is 5.32 Å². The second-order valence-electron chi connectivity index (χ2n) is 5.13. The molecule has 0 aliphatic carbocycles. The minimum atomic E-state index is -1.55. The van der Waals surface area contributed by atoms with Gasteiger partial charge in [-0.2, -0.15) is 0 Å². The Balaban J connectivity index is 1.70. The van der Waals surface area contributed by atoms with Crippen molar-refractivity contribution in [2.75, 3.05) is 18.4 Å². The average Bonchev–Trinajstić information content (AvgIpc) is 2.57. The van der Waals surface area contributed by atoms with E-state index >= 15 is 0 Å². The number of amides is 1. The first-order valence-corrected chi connectivity index (χ1v) is 7.36. The van der Waals surface area contributed by atoms with Crippen LogP contribution in [0.3, 0.4) is 0 Å². The van der Waals surface area contributed by atoms with Crippen molar-refractivity contribution in [3.8, 4) is 0 Å². The van der Waals surface area contributed by atoms with Crippen molar-refractivity contribution in [1.29, 1.82) is 0 Å². The maximum Gasteiger partial charge on any atom is 0.221 e. The number of benzene rings is 2. The van der Waals surface area contributed by atoms with Crippen molar-refractivity contribution >= 4 is 11.6 Å². The van der Waals surface area contributed by atoms with Crippen molar-refractivity contribution in [3.63, 3.8) is 0 Å². The highest BCUT2D eigenvalue weighted by Gasteiger charge is 2.13. The van der Waals surface area contributed by atoms with Crippen molar-refractivity contribution in [3.05, 3.63) is 65.2 Å². The lowest BCUT2D eigenvalue weighted by Crippen LogP contribution is -2.27. The van der Waals surface area contributed by atoms with Crippen molar-refractivity contribution in [2.24, 2.45) is 0 Å². The molecule has 0 bridgehead atoms. The fourth-order valence-corrected chi connectivity index (χ4v) is 2.06. The van der Waals surface area contributed by atoms with Gasteiger partial charge in [0.1, 0.15) is 5.82 Å². The second kappa shape index (κ2) is 8.33. The monoisotopic (exact) mass is 340 g/mol. The van der Waals surface area contributed by atoms with Crippen LogP contribution in [0.15, 0.2) is 36.4 Å². The third-order valence-corrected chi connectivity index (χ3v) is 3.35. The lowest BCUT2D eigenvalue weighted by Gasteiger charge is -2.09. The Hall–Kier alpha value is -2.57. The highest BCUT2D eigenvalue weighted by atomic mass is 19.2. The van der Waals surface area contributed by atoms with Gasteiger partial charge in [0.15, 0.2) is 17.5 Å². The summed E-state index contributed by atoms with van der Waals surface area (Å²) in [6, 6.07) is 7.84. The molecule has 0 unspecified atom stereocenters. The summed E-state index contributed by atoms with van der Waals surface area (Å²) in [6.45, 7) is 0.453. The van der Waals surface area contributed by atoms with Gasteiger partial charge in [0.25, 0.3) is 0 Å². The van der Waals surface area contributed by atoms with E-state index in [1.54, 1.807) is 12.1 Å². The van der Waals surface area contributed by atoms with Crippen LogP contribution in [0, 0.1) is 23.3 Å². The van der Waals surface area contributed by atoms with Crippen LogP contribution in [0.4, 0.5) is 23.2 Å². The molecule has 0 heterocycles. The molecule has 0 radical (unpaired) electrons. The fourth-order valence-electron chi connectivity index (χ4n) is 2.06. The van der Waals surface area contributed by atoms with Crippen LogP contribution in [-0.2, 0) is 11.2 Å². The lowest BCUT2D eigenvalue weighted by molar-refractivity contribution is -0.120. The molecule has 0 saturated heterocycles. The van der Waals surface area contributed by atoms with Gasteiger partial charge in [0.2, 0.25) is 5.91 Å². The summed E-state index contributed by atoms with van der Waals surface area (Å²) in [5.74, 6) is -4.72. The predicted octanol–water partition coefficient (Wildman–Crippen LogP) is 3.40. The Morgan fingerprint density at radius 2 is 1.58 bits per heavy atom. The maximum atomic E-state index is 13.4. The molecule has 24 heavy (non-hydrogen) atoms. The van der Waals surface area contributed by atoms with E-state index in [-0.39, 0.29) is 30.4 Å². The number of carbonyl (C=O) groups is 1. The molecule has 128 valence electrons. The fraction of sp³-hybridized carbons (Fsp3) is 0.235. The second-order valence-corrected chi connectivity index (χ2v) is 5.13. The van der Waals surface area contributed by atoms with Crippen LogP contribution in [0.5, 0.6) is 0 Å². The molecular formula is C17H16F4N2O. The zero-order valence-corrected chi connectivity index (χ0v) is 12.7. The molecule has 0 saturated carbocycles. The van der Waals surface area contributed by atoms with Crippen LogP contribution in [-0.4, -0.2) is 19.0 Å². The minimum Gasteiger partial charge on any atom is -0.382 e. The van der Waals surface area contributed by atoms with Crippen LogP contribution in [0.2, 0.25) is 0 Å². The number of rotatable bonds is 7. The first kappa shape index (κ1) is 17.8. The van der Waals surface area contributed by atoms with Gasteiger partial charge in [0, 0.05) is 19.5 Å². The minimum absolute atomic E-state index is 0.0435. The Morgan fingerprint density at radius 1 is 0.875 bits per heavy atom. The van der Waals surface area contributed by atoms with Crippen LogP contribution < -0.4 is 10.6 Å². The van der Waals surface area contributed by atoms with E-state index in [9.17, 15) is 22.4 Å². The van der Waals surface area contributed by atoms with Gasteiger partial charge in [-0.05, 0) is 36.2 Å². The molecule has 0 fully saturated rings. The van der Waals surface area contributed by atoms with E-state index in [1.165, 1.54) is 12.1 Å². The molecular weight excluding hydrogens is 324 g/mol. The van der Waals surface area contributed by atoms with Gasteiger partial charge < -0.3 is 10.6 Å². The third-order valence-electron chi connectivity index (χ3n) is 3.35. The van der Waals surface area contributed by atoms with E-state index in [4.69, 9.17) is 0 Å². The molecule has 0 aliphatic rings. The highest BCUT2D eigenvalue weighted by Crippen LogP contribution is 2.19. The number of hydrogen-bond acceptors (Lipinski definition) is 2. The number of carbonyl (C=O) groups excluding carboxylic acids is 1. The lowest BCUT2D eigenvalue weighted by atomic mass is 10.1. The molecule has 1 amide bonds. The molecule has 2 aromatic rings. The van der Waals surface area contributed by atoms with Gasteiger partial charge in [-0.1, -0.05) is 12.1 Å². The SMILES string of the molecule is O=C(CCNc1ccc(F)c(F)c1F)NCCc1ccc(F)cc1. The van der Waals surface area contributed by atoms with Gasteiger partial charge in [0.05, 0.1) is 5.69 Å². The number of halogens is 4. The Kier molecular flexibility index (Phi) is 6.17. The highest BCUT2D eigenvalue weighted by molar-refractivity contribution is 5.76. The van der Waals surface area contributed by atoms with Gasteiger partial charge in [-0.25, -0.2) is 17.6 Å². The smallest absolute Gasteiger partial charge is 0.221 e. The average molecular weight is 340 g/mol. The summed E-state index contributed by atoms with van der Waals surface area (Å²) < 4.78 is 52.0. The molecule has 0 atom stereocenters. The quantitative estimate of drug-likeness (QED) is 0.599. The van der Waals surface area contributed by atoms with Crippen LogP contribution >= 0.6 is 0 Å². The molecule has 2 aromatic carbocycles. The first-order chi connectivity index (χ1) is 11.5. The predicted molar refractivity (Wildman–Crippen MR) is 82.5 cm³/mol. The summed E-state index contributed by atoms with van der Waals surface area (Å²) in [4.78, 5) is 11.6. The van der Waals surface area contributed by atoms with E-state index in [1.807, 2.05) is 0 Å². The Bertz CT molecular complexity index is 704. The Labute approximate surface area is 136 Å². The third kappa shape index (κ3) is 4.97. The topological polar surface area (TPSA) is 41.1 Å².